The van der Waals surface area contributed by atoms with Crippen molar-refractivity contribution >= 4 is 5.91 Å². The Kier molecular flexibility index (Phi) is 5.00. The molecule has 2 aromatic rings. The zero-order valence-electron chi connectivity index (χ0n) is 14.7. The molecule has 1 aliphatic rings. The van der Waals surface area contributed by atoms with E-state index in [1.54, 1.807) is 11.7 Å². The third kappa shape index (κ3) is 3.85. The summed E-state index contributed by atoms with van der Waals surface area (Å²) in [5.41, 5.74) is 4.24. The summed E-state index contributed by atoms with van der Waals surface area (Å²) in [5.74, 6) is 0.489. The largest absolute Gasteiger partial charge is 0.350 e. The lowest BCUT2D eigenvalue weighted by Gasteiger charge is -2.17. The number of aromatic nitrogens is 2. The Bertz CT molecular complexity index is 722. The topological polar surface area (TPSA) is 50.2 Å². The van der Waals surface area contributed by atoms with Gasteiger partial charge in [-0.3, -0.25) is 14.4 Å². The number of carbonyl (C=O) groups excluding carboxylic acids is 1. The Balaban J connectivity index is 1.49. The van der Waals surface area contributed by atoms with Crippen molar-refractivity contribution in [3.8, 4) is 0 Å². The first-order valence-corrected chi connectivity index (χ1v) is 8.58. The van der Waals surface area contributed by atoms with Crippen LogP contribution < -0.4 is 5.32 Å². The maximum Gasteiger partial charge on any atom is 0.269 e. The molecule has 0 saturated carbocycles. The minimum Gasteiger partial charge on any atom is -0.350 e. The normalized spacial score (nSPS) is 18.0. The summed E-state index contributed by atoms with van der Waals surface area (Å²) < 4.78 is 1.64. The zero-order valence-corrected chi connectivity index (χ0v) is 14.7. The van der Waals surface area contributed by atoms with Crippen molar-refractivity contribution in [2.45, 2.75) is 26.8 Å². The molecule has 3 rings (SSSR count). The molecule has 2 heterocycles. The van der Waals surface area contributed by atoms with Crippen LogP contribution in [0.5, 0.6) is 0 Å². The maximum absolute atomic E-state index is 12.3. The molecule has 1 aromatic heterocycles. The summed E-state index contributed by atoms with van der Waals surface area (Å²) in [7, 11) is 1.81. The zero-order chi connectivity index (χ0) is 17.1. The molecule has 24 heavy (non-hydrogen) atoms. The quantitative estimate of drug-likeness (QED) is 0.917. The van der Waals surface area contributed by atoms with Crippen molar-refractivity contribution in [3.63, 3.8) is 0 Å². The average molecular weight is 326 g/mol. The molecule has 5 heteroatoms. The van der Waals surface area contributed by atoms with Gasteiger partial charge in [0.2, 0.25) is 0 Å². The predicted octanol–water partition coefficient (Wildman–Crippen LogP) is 2.29. The Morgan fingerprint density at radius 1 is 1.33 bits per heavy atom. The first-order chi connectivity index (χ1) is 11.5. The number of nitrogens with zero attached hydrogens (tertiary/aromatic N) is 3. The fourth-order valence-electron chi connectivity index (χ4n) is 3.40. The summed E-state index contributed by atoms with van der Waals surface area (Å²) in [6.07, 6.45) is 1.14. The van der Waals surface area contributed by atoms with E-state index in [4.69, 9.17) is 0 Å². The third-order valence-corrected chi connectivity index (χ3v) is 4.81. The minimum atomic E-state index is -0.0320. The Labute approximate surface area is 143 Å². The minimum absolute atomic E-state index is 0.0320. The van der Waals surface area contributed by atoms with Gasteiger partial charge in [-0.15, -0.1) is 0 Å². The molecule has 0 bridgehead atoms. The summed E-state index contributed by atoms with van der Waals surface area (Å²) in [6, 6.07) is 10.4. The van der Waals surface area contributed by atoms with Gasteiger partial charge in [0.1, 0.15) is 5.69 Å². The van der Waals surface area contributed by atoms with Crippen LogP contribution in [0.3, 0.4) is 0 Å². The predicted molar refractivity (Wildman–Crippen MR) is 94.8 cm³/mol. The summed E-state index contributed by atoms with van der Waals surface area (Å²) in [4.78, 5) is 14.7. The lowest BCUT2D eigenvalue weighted by molar-refractivity contribution is 0.0938. The fourth-order valence-corrected chi connectivity index (χ4v) is 3.40. The van der Waals surface area contributed by atoms with Crippen molar-refractivity contribution in [1.29, 1.82) is 0 Å². The van der Waals surface area contributed by atoms with Crippen LogP contribution in [-0.4, -0.2) is 40.2 Å². The van der Waals surface area contributed by atoms with E-state index in [0.717, 1.165) is 38.3 Å². The first-order valence-electron chi connectivity index (χ1n) is 8.58. The van der Waals surface area contributed by atoms with Gasteiger partial charge in [0.15, 0.2) is 0 Å². The van der Waals surface area contributed by atoms with E-state index in [2.05, 4.69) is 46.5 Å². The summed E-state index contributed by atoms with van der Waals surface area (Å²) in [6.45, 7) is 7.93. The van der Waals surface area contributed by atoms with Crippen LogP contribution in [0.15, 0.2) is 30.3 Å². The van der Waals surface area contributed by atoms with Gasteiger partial charge in [0, 0.05) is 26.7 Å². The standard InChI is InChI=1S/C19H26N4O/c1-14-6-4-5-7-17(14)13-23-9-8-16(12-23)11-20-19(24)18-10-15(2)21-22(18)3/h4-7,10,16H,8-9,11-13H2,1-3H3,(H,20,24). The number of carbonyl (C=O) groups is 1. The van der Waals surface area contributed by atoms with Crippen LogP contribution in [0.2, 0.25) is 0 Å². The SMILES string of the molecule is Cc1cc(C(=O)NCC2CCN(Cc3ccccc3C)C2)n(C)n1. The molecule has 5 nitrogen and oxygen atoms in total. The smallest absolute Gasteiger partial charge is 0.269 e. The Morgan fingerprint density at radius 2 is 2.12 bits per heavy atom. The number of likely N-dealkylation sites (tertiary alicyclic amines) is 1. The Morgan fingerprint density at radius 3 is 2.83 bits per heavy atom. The Hall–Kier alpha value is -2.14. The van der Waals surface area contributed by atoms with Crippen LogP contribution in [0.1, 0.15) is 33.7 Å². The van der Waals surface area contributed by atoms with Gasteiger partial charge in [-0.2, -0.15) is 5.10 Å². The number of amides is 1. The molecule has 0 spiro atoms. The third-order valence-electron chi connectivity index (χ3n) is 4.81. The number of aryl methyl sites for hydroxylation is 3. The monoisotopic (exact) mass is 326 g/mol. The van der Waals surface area contributed by atoms with Crippen molar-refractivity contribution in [2.24, 2.45) is 13.0 Å². The van der Waals surface area contributed by atoms with Crippen LogP contribution in [-0.2, 0) is 13.6 Å². The van der Waals surface area contributed by atoms with Crippen molar-refractivity contribution in [3.05, 3.63) is 52.8 Å². The van der Waals surface area contributed by atoms with Gasteiger partial charge in [-0.25, -0.2) is 0 Å². The van der Waals surface area contributed by atoms with E-state index in [9.17, 15) is 4.79 Å². The van der Waals surface area contributed by atoms with Gasteiger partial charge in [0.25, 0.3) is 5.91 Å². The molecule has 1 saturated heterocycles. The molecular formula is C19H26N4O. The van der Waals surface area contributed by atoms with Crippen LogP contribution in [0.4, 0.5) is 0 Å². The number of nitrogens with one attached hydrogen (secondary N) is 1. The molecule has 1 aliphatic heterocycles. The van der Waals surface area contributed by atoms with E-state index in [0.29, 0.717) is 11.6 Å². The first kappa shape index (κ1) is 16.7. The number of rotatable bonds is 5. The second-order valence-corrected chi connectivity index (χ2v) is 6.82. The lowest BCUT2D eigenvalue weighted by atomic mass is 10.1. The summed E-state index contributed by atoms with van der Waals surface area (Å²) >= 11 is 0. The van der Waals surface area contributed by atoms with Crippen molar-refractivity contribution in [2.75, 3.05) is 19.6 Å². The average Bonchev–Trinajstić information content (AvgIpc) is 3.13. The van der Waals surface area contributed by atoms with E-state index in [-0.39, 0.29) is 5.91 Å². The highest BCUT2D eigenvalue weighted by molar-refractivity contribution is 5.92. The van der Waals surface area contributed by atoms with Crippen LogP contribution in [0, 0.1) is 19.8 Å². The van der Waals surface area contributed by atoms with Gasteiger partial charge < -0.3 is 5.32 Å². The van der Waals surface area contributed by atoms with E-state index in [1.165, 1.54) is 11.1 Å². The lowest BCUT2D eigenvalue weighted by Crippen LogP contribution is -2.32. The molecule has 1 atom stereocenters. The van der Waals surface area contributed by atoms with Crippen molar-refractivity contribution in [1.82, 2.24) is 20.0 Å². The highest BCUT2D eigenvalue weighted by Gasteiger charge is 2.23. The molecular weight excluding hydrogens is 300 g/mol. The molecule has 128 valence electrons. The van der Waals surface area contributed by atoms with Crippen LogP contribution >= 0.6 is 0 Å². The molecule has 0 aliphatic carbocycles. The van der Waals surface area contributed by atoms with Gasteiger partial charge >= 0.3 is 0 Å². The van der Waals surface area contributed by atoms with Gasteiger partial charge in [-0.05, 0) is 49.9 Å². The highest BCUT2D eigenvalue weighted by atomic mass is 16.2. The molecule has 1 aromatic carbocycles. The molecule has 1 fully saturated rings. The highest BCUT2D eigenvalue weighted by Crippen LogP contribution is 2.19. The molecule has 1 unspecified atom stereocenters. The van der Waals surface area contributed by atoms with Crippen molar-refractivity contribution < 1.29 is 4.79 Å². The number of hydrogen-bond acceptors (Lipinski definition) is 3. The second-order valence-electron chi connectivity index (χ2n) is 6.82. The number of benzene rings is 1. The molecule has 1 N–H and O–H groups in total. The van der Waals surface area contributed by atoms with E-state index in [1.807, 2.05) is 13.0 Å². The maximum atomic E-state index is 12.3. The second kappa shape index (κ2) is 7.18. The van der Waals surface area contributed by atoms with E-state index >= 15 is 0 Å². The van der Waals surface area contributed by atoms with Gasteiger partial charge in [-0.1, -0.05) is 24.3 Å². The molecule has 0 radical (unpaired) electrons. The van der Waals surface area contributed by atoms with E-state index < -0.39 is 0 Å². The fraction of sp³-hybridized carbons (Fsp3) is 0.474. The van der Waals surface area contributed by atoms with Gasteiger partial charge in [0.05, 0.1) is 5.69 Å². The van der Waals surface area contributed by atoms with Crippen LogP contribution in [0.25, 0.3) is 0 Å². The number of hydrogen-bond donors (Lipinski definition) is 1. The molecule has 1 amide bonds. The summed E-state index contributed by atoms with van der Waals surface area (Å²) in [5, 5.41) is 7.29.